The van der Waals surface area contributed by atoms with Gasteiger partial charge in [-0.1, -0.05) is 79.7 Å². The molecule has 0 fully saturated rings. The Balaban J connectivity index is 0.000000830. The van der Waals surface area contributed by atoms with Crippen molar-refractivity contribution >= 4 is 52.3 Å². The Morgan fingerprint density at radius 1 is 0.683 bits per heavy atom. The summed E-state index contributed by atoms with van der Waals surface area (Å²) in [6.45, 7) is 4.88. The Kier molecular flexibility index (Phi) is 18.3. The zero-order chi connectivity index (χ0) is 29.4. The molecule has 0 radical (unpaired) electrons. The molecule has 0 saturated carbocycles. The Morgan fingerprint density at radius 3 is 1.05 bits per heavy atom. The molecule has 0 aromatic heterocycles. The summed E-state index contributed by atoms with van der Waals surface area (Å²) < 4.78 is 0. The molecular weight excluding hydrogens is 654 g/mol. The van der Waals surface area contributed by atoms with Crippen LogP contribution in [0, 0.1) is 5.41 Å². The fourth-order valence-corrected chi connectivity index (χ4v) is 11.6. The van der Waals surface area contributed by atoms with E-state index in [-0.39, 0.29) is 24.9 Å². The fourth-order valence-electron chi connectivity index (χ4n) is 4.36. The van der Waals surface area contributed by atoms with Gasteiger partial charge in [0.25, 0.3) is 5.97 Å². The second-order valence-corrected chi connectivity index (χ2v) is 15.3. The molecule has 220 valence electrons. The summed E-state index contributed by atoms with van der Waals surface area (Å²) in [6, 6.07) is 44.8. The molecule has 1 atom stereocenters. The molecule has 4 nitrogen and oxygen atoms in total. The van der Waals surface area contributed by atoms with Gasteiger partial charge in [0.1, 0.15) is 6.29 Å². The van der Waals surface area contributed by atoms with Crippen molar-refractivity contribution in [1.29, 1.82) is 0 Å². The molecule has 0 aliphatic heterocycles. The van der Waals surface area contributed by atoms with Gasteiger partial charge in [-0.15, -0.1) is 9.24 Å². The molecule has 0 bridgehead atoms. The van der Waals surface area contributed by atoms with Gasteiger partial charge in [0.15, 0.2) is 0 Å². The van der Waals surface area contributed by atoms with E-state index in [2.05, 4.69) is 137 Å². The molecule has 0 saturated heterocycles. The summed E-state index contributed by atoms with van der Waals surface area (Å²) in [5.74, 6) is -0.833. The monoisotopic (exact) mass is 698 g/mol. The van der Waals surface area contributed by atoms with E-state index >= 15 is 0 Å². The van der Waals surface area contributed by atoms with E-state index < -0.39 is 28.1 Å². The van der Waals surface area contributed by atoms with Gasteiger partial charge in [-0.25, -0.2) is 0 Å². The van der Waals surface area contributed by atoms with Gasteiger partial charge in [-0.05, 0) is 61.6 Å². The third kappa shape index (κ3) is 14.3. The van der Waals surface area contributed by atoms with Gasteiger partial charge in [-0.3, -0.25) is 4.79 Å². The quantitative estimate of drug-likeness (QED) is 0.131. The average molecular weight is 698 g/mol. The molecule has 8 heteroatoms. The number of benzene rings is 4. The van der Waals surface area contributed by atoms with E-state index in [1.807, 2.05) is 0 Å². The first-order valence-corrected chi connectivity index (χ1v) is 17.6. The van der Waals surface area contributed by atoms with Crippen molar-refractivity contribution < 1.29 is 39.6 Å². The Bertz CT molecular complexity index is 1060. The summed E-state index contributed by atoms with van der Waals surface area (Å²) in [5, 5.41) is 28.7. The number of carboxylic acids is 1. The summed E-state index contributed by atoms with van der Waals surface area (Å²) in [4.78, 5) is 9.00. The predicted molar refractivity (Wildman–Crippen MR) is 181 cm³/mol. The van der Waals surface area contributed by atoms with Crippen LogP contribution in [0.5, 0.6) is 0 Å². The number of carboxylic acid groups (broad SMARTS) is 1. The van der Waals surface area contributed by atoms with Crippen LogP contribution in [0.25, 0.3) is 0 Å². The molecule has 0 spiro atoms. The number of aliphatic hydroxyl groups excluding tert-OH is 1. The number of rotatable bonds is 9. The van der Waals surface area contributed by atoms with Crippen LogP contribution in [0.15, 0.2) is 121 Å². The average Bonchev–Trinajstić information content (AvgIpc) is 2.96. The topological polar surface area (TPSA) is 77.8 Å². The molecule has 0 heterocycles. The van der Waals surface area contributed by atoms with Crippen molar-refractivity contribution in [2.75, 3.05) is 18.5 Å². The third-order valence-corrected chi connectivity index (χ3v) is 13.7. The number of hydrogen-bond acceptors (Lipinski definition) is 3. The Hall–Kier alpha value is -1.82. The first-order chi connectivity index (χ1) is 19.1. The normalized spacial score (nSPS) is 10.7. The van der Waals surface area contributed by atoms with Gasteiger partial charge in [0, 0.05) is 31.8 Å². The van der Waals surface area contributed by atoms with E-state index in [1.54, 1.807) is 0 Å². The minimum absolute atomic E-state index is 0. The smallest absolute Gasteiger partial charge is 0.300 e. The maximum absolute atomic E-state index is 9.00. The molecule has 0 aliphatic carbocycles. The van der Waals surface area contributed by atoms with Crippen molar-refractivity contribution in [3.05, 3.63) is 121 Å². The van der Waals surface area contributed by atoms with Crippen LogP contribution in [0.3, 0.4) is 0 Å². The first-order valence-electron chi connectivity index (χ1n) is 13.3. The van der Waals surface area contributed by atoms with Crippen LogP contribution < -0.4 is 21.2 Å². The maximum atomic E-state index is 9.00. The molecule has 41 heavy (non-hydrogen) atoms. The van der Waals surface area contributed by atoms with Crippen LogP contribution in [-0.2, 0) is 24.3 Å². The molecule has 0 amide bonds. The molecule has 4 aromatic rings. The van der Waals surface area contributed by atoms with Crippen LogP contribution >= 0.6 is 25.1 Å². The van der Waals surface area contributed by atoms with Crippen LogP contribution in [0.4, 0.5) is 0 Å². The Labute approximate surface area is 263 Å². The SMILES string of the molecule is CC(=O)O.CC(CP)(C[PH+](c1ccccc1)c1ccccc1)C[PH+](c1ccccc1)c1ccccc1.CC(O)O.[Ru]. The first kappa shape index (κ1) is 37.2. The van der Waals surface area contributed by atoms with Crippen molar-refractivity contribution in [3.8, 4) is 0 Å². The molecular formula is C33H43O4P3Ru+2. The summed E-state index contributed by atoms with van der Waals surface area (Å²) in [5.41, 5.74) is 0.255. The number of hydrogen-bond donors (Lipinski definition) is 3. The van der Waals surface area contributed by atoms with E-state index in [0.717, 1.165) is 13.1 Å². The predicted octanol–water partition coefficient (Wildman–Crippen LogP) is 5.00. The molecule has 3 N–H and O–H groups in total. The summed E-state index contributed by atoms with van der Waals surface area (Å²) >= 11 is 0. The molecule has 4 aromatic carbocycles. The Morgan fingerprint density at radius 2 is 0.878 bits per heavy atom. The molecule has 4 rings (SSSR count). The zero-order valence-corrected chi connectivity index (χ0v) is 28.8. The second-order valence-electron chi connectivity index (χ2n) is 9.94. The van der Waals surface area contributed by atoms with Crippen LogP contribution in [0.1, 0.15) is 20.8 Å². The minimum Gasteiger partial charge on any atom is -0.481 e. The van der Waals surface area contributed by atoms with Gasteiger partial charge in [0.05, 0.1) is 49.4 Å². The minimum atomic E-state index is -1.17. The number of aliphatic carboxylic acids is 1. The number of carbonyl (C=O) groups is 1. The van der Waals surface area contributed by atoms with Gasteiger partial charge < -0.3 is 15.3 Å². The standard InChI is InChI=1S/C29H31P3.C2H6O2.C2H4O2.Ru/c1-29(22-30,23-31(25-14-6-2-7-15-25)26-16-8-3-9-17-26)24-32(27-18-10-4-11-19-27)28-20-12-5-13-21-28;2*1-2(3)4;/h2-21H,22-24,30H2,1H3;2-4H,1H3;1H3,(H,3,4);/p+2. The van der Waals surface area contributed by atoms with Gasteiger partial charge in [0.2, 0.25) is 0 Å². The van der Waals surface area contributed by atoms with E-state index in [1.165, 1.54) is 40.5 Å². The van der Waals surface area contributed by atoms with E-state index in [9.17, 15) is 0 Å². The maximum Gasteiger partial charge on any atom is 0.300 e. The van der Waals surface area contributed by atoms with Crippen LogP contribution in [0.2, 0.25) is 0 Å². The third-order valence-electron chi connectivity index (χ3n) is 6.19. The van der Waals surface area contributed by atoms with Gasteiger partial charge in [-0.2, -0.15) is 0 Å². The summed E-state index contributed by atoms with van der Waals surface area (Å²) in [7, 11) is 1.34. The fraction of sp³-hybridized carbons (Fsp3) is 0.242. The summed E-state index contributed by atoms with van der Waals surface area (Å²) in [6.07, 6.45) is 2.43. The molecule has 1 unspecified atom stereocenters. The van der Waals surface area contributed by atoms with Crippen molar-refractivity contribution in [3.63, 3.8) is 0 Å². The van der Waals surface area contributed by atoms with Crippen LogP contribution in [-0.4, -0.2) is 46.1 Å². The van der Waals surface area contributed by atoms with E-state index in [4.69, 9.17) is 20.1 Å². The molecule has 0 aliphatic rings. The number of aliphatic hydroxyl groups is 2. The second kappa shape index (κ2) is 20.2. The van der Waals surface area contributed by atoms with Crippen molar-refractivity contribution in [2.24, 2.45) is 5.41 Å². The zero-order valence-electron chi connectivity index (χ0n) is 23.9. The van der Waals surface area contributed by atoms with Gasteiger partial charge >= 0.3 is 0 Å². The largest absolute Gasteiger partial charge is 0.481 e. The van der Waals surface area contributed by atoms with Crippen molar-refractivity contribution in [2.45, 2.75) is 27.1 Å². The van der Waals surface area contributed by atoms with E-state index in [0.29, 0.717) is 0 Å². The van der Waals surface area contributed by atoms with Crippen molar-refractivity contribution in [1.82, 2.24) is 0 Å².